The minimum Gasteiger partial charge on any atom is -0.484 e. The van der Waals surface area contributed by atoms with Gasteiger partial charge in [-0.25, -0.2) is 0 Å². The molecule has 1 atom stereocenters. The summed E-state index contributed by atoms with van der Waals surface area (Å²) >= 11 is 0. The SMILES string of the molecule is CCN1CCC[C@@H]1CNC(=O)COc1ccc(C#N)cc1. The van der Waals surface area contributed by atoms with E-state index in [0.717, 1.165) is 19.5 Å². The quantitative estimate of drug-likeness (QED) is 0.862. The van der Waals surface area contributed by atoms with Crippen LogP contribution < -0.4 is 10.1 Å². The third-order valence-corrected chi connectivity index (χ3v) is 3.79. The van der Waals surface area contributed by atoms with Crippen molar-refractivity contribution in [1.82, 2.24) is 10.2 Å². The molecule has 112 valence electrons. The first kappa shape index (κ1) is 15.3. The summed E-state index contributed by atoms with van der Waals surface area (Å²) in [5, 5.41) is 11.6. The van der Waals surface area contributed by atoms with E-state index in [1.807, 2.05) is 6.07 Å². The molecule has 1 aromatic carbocycles. The number of rotatable bonds is 6. The molecule has 1 aromatic rings. The lowest BCUT2D eigenvalue weighted by Crippen LogP contribution is -2.41. The zero-order valence-corrected chi connectivity index (χ0v) is 12.3. The number of hydrogen-bond acceptors (Lipinski definition) is 4. The van der Waals surface area contributed by atoms with E-state index in [1.54, 1.807) is 24.3 Å². The van der Waals surface area contributed by atoms with Gasteiger partial charge in [0, 0.05) is 12.6 Å². The number of hydrogen-bond donors (Lipinski definition) is 1. The Morgan fingerprint density at radius 2 is 2.24 bits per heavy atom. The summed E-state index contributed by atoms with van der Waals surface area (Å²) in [6.45, 7) is 4.99. The second kappa shape index (κ2) is 7.65. The molecule has 1 amide bonds. The Bertz CT molecular complexity index is 507. The zero-order chi connectivity index (χ0) is 15.1. The predicted molar refractivity (Wildman–Crippen MR) is 79.9 cm³/mol. The van der Waals surface area contributed by atoms with Crippen LogP contribution >= 0.6 is 0 Å². The number of benzene rings is 1. The van der Waals surface area contributed by atoms with Crippen molar-refractivity contribution >= 4 is 5.91 Å². The Kier molecular flexibility index (Phi) is 5.59. The van der Waals surface area contributed by atoms with Gasteiger partial charge in [0.25, 0.3) is 5.91 Å². The average molecular weight is 287 g/mol. The highest BCUT2D eigenvalue weighted by Gasteiger charge is 2.23. The summed E-state index contributed by atoms with van der Waals surface area (Å²) in [7, 11) is 0. The molecule has 0 aromatic heterocycles. The normalized spacial score (nSPS) is 18.2. The molecule has 5 heteroatoms. The molecule has 1 heterocycles. The lowest BCUT2D eigenvalue weighted by atomic mass is 10.2. The van der Waals surface area contributed by atoms with Crippen LogP contribution in [0.1, 0.15) is 25.3 Å². The Morgan fingerprint density at radius 3 is 2.90 bits per heavy atom. The molecule has 0 saturated carbocycles. The molecule has 5 nitrogen and oxygen atoms in total. The van der Waals surface area contributed by atoms with E-state index in [4.69, 9.17) is 10.00 Å². The Morgan fingerprint density at radius 1 is 1.48 bits per heavy atom. The Balaban J connectivity index is 1.71. The number of nitrogens with one attached hydrogen (secondary N) is 1. The van der Waals surface area contributed by atoms with Crippen LogP contribution in [0.15, 0.2) is 24.3 Å². The topological polar surface area (TPSA) is 65.4 Å². The first-order valence-electron chi connectivity index (χ1n) is 7.36. The van der Waals surface area contributed by atoms with Crippen molar-refractivity contribution in [2.45, 2.75) is 25.8 Å². The first-order chi connectivity index (χ1) is 10.2. The lowest BCUT2D eigenvalue weighted by molar-refractivity contribution is -0.123. The van der Waals surface area contributed by atoms with Gasteiger partial charge < -0.3 is 10.1 Å². The van der Waals surface area contributed by atoms with Crippen LogP contribution in [0.25, 0.3) is 0 Å². The van der Waals surface area contributed by atoms with Gasteiger partial charge in [0.05, 0.1) is 11.6 Å². The summed E-state index contributed by atoms with van der Waals surface area (Å²) in [4.78, 5) is 14.2. The van der Waals surface area contributed by atoms with E-state index >= 15 is 0 Å². The zero-order valence-electron chi connectivity index (χ0n) is 12.3. The summed E-state index contributed by atoms with van der Waals surface area (Å²) in [5.41, 5.74) is 0.577. The van der Waals surface area contributed by atoms with E-state index in [2.05, 4.69) is 17.1 Å². The Hall–Kier alpha value is -2.06. The number of carbonyl (C=O) groups excluding carboxylic acids is 1. The van der Waals surface area contributed by atoms with Crippen molar-refractivity contribution in [2.75, 3.05) is 26.2 Å². The summed E-state index contributed by atoms with van der Waals surface area (Å²) in [6, 6.07) is 9.23. The second-order valence-corrected chi connectivity index (χ2v) is 5.15. The maximum Gasteiger partial charge on any atom is 0.257 e. The van der Waals surface area contributed by atoms with Gasteiger partial charge in [-0.1, -0.05) is 6.92 Å². The van der Waals surface area contributed by atoms with Gasteiger partial charge in [0.2, 0.25) is 0 Å². The van der Waals surface area contributed by atoms with Crippen molar-refractivity contribution in [3.63, 3.8) is 0 Å². The van der Waals surface area contributed by atoms with E-state index < -0.39 is 0 Å². The Labute approximate surface area is 125 Å². The molecular formula is C16H21N3O2. The monoisotopic (exact) mass is 287 g/mol. The minimum atomic E-state index is -0.109. The van der Waals surface area contributed by atoms with Crippen LogP contribution in [0.3, 0.4) is 0 Å². The van der Waals surface area contributed by atoms with Crippen molar-refractivity contribution < 1.29 is 9.53 Å². The van der Waals surface area contributed by atoms with Gasteiger partial charge in [0.15, 0.2) is 6.61 Å². The van der Waals surface area contributed by atoms with Crippen LogP contribution in [-0.2, 0) is 4.79 Å². The number of nitrogens with zero attached hydrogens (tertiary/aromatic N) is 2. The molecule has 1 fully saturated rings. The van der Waals surface area contributed by atoms with Gasteiger partial charge in [-0.15, -0.1) is 0 Å². The summed E-state index contributed by atoms with van der Waals surface area (Å²) in [6.07, 6.45) is 2.35. The molecule has 0 unspecified atom stereocenters. The highest BCUT2D eigenvalue weighted by atomic mass is 16.5. The van der Waals surface area contributed by atoms with Crippen molar-refractivity contribution in [3.05, 3.63) is 29.8 Å². The van der Waals surface area contributed by atoms with Crippen LogP contribution in [0.4, 0.5) is 0 Å². The van der Waals surface area contributed by atoms with Crippen LogP contribution in [-0.4, -0.2) is 43.1 Å². The molecule has 21 heavy (non-hydrogen) atoms. The molecule has 0 bridgehead atoms. The molecule has 0 spiro atoms. The number of amides is 1. The lowest BCUT2D eigenvalue weighted by Gasteiger charge is -2.22. The van der Waals surface area contributed by atoms with Gasteiger partial charge >= 0.3 is 0 Å². The smallest absolute Gasteiger partial charge is 0.257 e. The van der Waals surface area contributed by atoms with Crippen molar-refractivity contribution in [3.8, 4) is 11.8 Å². The van der Waals surface area contributed by atoms with Gasteiger partial charge in [-0.2, -0.15) is 5.26 Å². The summed E-state index contributed by atoms with van der Waals surface area (Å²) in [5.74, 6) is 0.488. The number of likely N-dealkylation sites (N-methyl/N-ethyl adjacent to an activating group) is 1. The van der Waals surface area contributed by atoms with E-state index in [9.17, 15) is 4.79 Å². The molecule has 1 aliphatic rings. The van der Waals surface area contributed by atoms with Gasteiger partial charge in [-0.05, 0) is 50.2 Å². The van der Waals surface area contributed by atoms with E-state index in [-0.39, 0.29) is 12.5 Å². The fourth-order valence-corrected chi connectivity index (χ4v) is 2.60. The minimum absolute atomic E-state index is 0.00471. The highest BCUT2D eigenvalue weighted by molar-refractivity contribution is 5.77. The van der Waals surface area contributed by atoms with Gasteiger partial charge in [-0.3, -0.25) is 9.69 Å². The maximum absolute atomic E-state index is 11.8. The van der Waals surface area contributed by atoms with Crippen molar-refractivity contribution in [1.29, 1.82) is 5.26 Å². The van der Waals surface area contributed by atoms with Gasteiger partial charge in [0.1, 0.15) is 5.75 Å². The number of ether oxygens (including phenoxy) is 1. The molecule has 1 saturated heterocycles. The van der Waals surface area contributed by atoms with Crippen molar-refractivity contribution in [2.24, 2.45) is 0 Å². The standard InChI is InChI=1S/C16H21N3O2/c1-2-19-9-3-4-14(19)11-18-16(20)12-21-15-7-5-13(10-17)6-8-15/h5-8,14H,2-4,9,11-12H2,1H3,(H,18,20)/t14-/m1/s1. The number of nitriles is 1. The molecule has 0 aliphatic carbocycles. The highest BCUT2D eigenvalue weighted by Crippen LogP contribution is 2.15. The summed E-state index contributed by atoms with van der Waals surface area (Å²) < 4.78 is 5.40. The number of likely N-dealkylation sites (tertiary alicyclic amines) is 1. The largest absolute Gasteiger partial charge is 0.484 e. The van der Waals surface area contributed by atoms with E-state index in [1.165, 1.54) is 6.42 Å². The average Bonchev–Trinajstić information content (AvgIpc) is 2.99. The van der Waals surface area contributed by atoms with Crippen LogP contribution in [0.2, 0.25) is 0 Å². The van der Waals surface area contributed by atoms with Crippen LogP contribution in [0.5, 0.6) is 5.75 Å². The first-order valence-corrected chi connectivity index (χ1v) is 7.36. The number of carbonyl (C=O) groups is 1. The molecular weight excluding hydrogens is 266 g/mol. The third-order valence-electron chi connectivity index (χ3n) is 3.79. The maximum atomic E-state index is 11.8. The third kappa shape index (κ3) is 4.47. The van der Waals surface area contributed by atoms with Crippen LogP contribution in [0, 0.1) is 11.3 Å². The van der Waals surface area contributed by atoms with E-state index in [0.29, 0.717) is 23.9 Å². The fraction of sp³-hybridized carbons (Fsp3) is 0.500. The second-order valence-electron chi connectivity index (χ2n) is 5.15. The fourth-order valence-electron chi connectivity index (χ4n) is 2.60. The molecule has 0 radical (unpaired) electrons. The molecule has 2 rings (SSSR count). The molecule has 1 aliphatic heterocycles. The molecule has 1 N–H and O–H groups in total. The predicted octanol–water partition coefficient (Wildman–Crippen LogP) is 1.54.